The fraction of sp³-hybridized carbons (Fsp3) is 0.0667. The highest BCUT2D eigenvalue weighted by molar-refractivity contribution is 5.87. The first-order valence-electron chi connectivity index (χ1n) is 5.76. The normalized spacial score (nSPS) is 9.63. The van der Waals surface area contributed by atoms with Gasteiger partial charge < -0.3 is 10.4 Å². The lowest BCUT2D eigenvalue weighted by Gasteiger charge is -2.08. The zero-order chi connectivity index (χ0) is 13.7. The molecule has 94 valence electrons. The molecule has 0 atom stereocenters. The molecule has 0 fully saturated rings. The maximum atomic E-state index is 10.7. The molecule has 4 heteroatoms. The number of hydrogen-bond donors (Lipinski definition) is 2. The van der Waals surface area contributed by atoms with E-state index in [9.17, 15) is 4.79 Å². The van der Waals surface area contributed by atoms with Crippen molar-refractivity contribution in [3.05, 3.63) is 65.2 Å². The summed E-state index contributed by atoms with van der Waals surface area (Å²) in [6.45, 7) is 0.540. The van der Waals surface area contributed by atoms with Crippen LogP contribution in [0, 0.1) is 11.3 Å². The first-order valence-corrected chi connectivity index (χ1v) is 5.76. The van der Waals surface area contributed by atoms with E-state index in [4.69, 9.17) is 10.4 Å². The Balaban J connectivity index is 2.06. The molecule has 0 spiro atoms. The number of aromatic carboxylic acids is 1. The van der Waals surface area contributed by atoms with Gasteiger partial charge in [0.05, 0.1) is 16.8 Å². The molecule has 0 aliphatic carbocycles. The summed E-state index contributed by atoms with van der Waals surface area (Å²) in [6, 6.07) is 16.0. The van der Waals surface area contributed by atoms with Gasteiger partial charge in [0, 0.05) is 6.54 Å². The summed E-state index contributed by atoms with van der Waals surface area (Å²) >= 11 is 0. The third-order valence-corrected chi connectivity index (χ3v) is 2.73. The van der Waals surface area contributed by atoms with E-state index in [2.05, 4.69) is 11.4 Å². The second-order valence-corrected chi connectivity index (χ2v) is 4.01. The summed E-state index contributed by atoms with van der Waals surface area (Å²) < 4.78 is 0. The number of anilines is 1. The Morgan fingerprint density at radius 3 is 2.47 bits per heavy atom. The zero-order valence-corrected chi connectivity index (χ0v) is 10.1. The number of carbonyl (C=O) groups is 1. The molecule has 0 saturated heterocycles. The minimum atomic E-state index is -0.936. The second kappa shape index (κ2) is 5.69. The lowest BCUT2D eigenvalue weighted by atomic mass is 10.1. The molecule has 0 unspecified atom stereocenters. The van der Waals surface area contributed by atoms with E-state index in [1.54, 1.807) is 30.3 Å². The van der Waals surface area contributed by atoms with Crippen LogP contribution in [0.1, 0.15) is 21.5 Å². The maximum absolute atomic E-state index is 10.7. The molecular formula is C15H12N2O2. The van der Waals surface area contributed by atoms with Crippen molar-refractivity contribution < 1.29 is 9.90 Å². The smallest absolute Gasteiger partial charge is 0.335 e. The number of nitrogens with one attached hydrogen (secondary N) is 1. The first kappa shape index (κ1) is 12.7. The second-order valence-electron chi connectivity index (χ2n) is 4.01. The topological polar surface area (TPSA) is 73.1 Å². The molecule has 0 aliphatic rings. The molecule has 2 aromatic carbocycles. The van der Waals surface area contributed by atoms with Crippen LogP contribution in [0.4, 0.5) is 5.69 Å². The Labute approximate surface area is 110 Å². The van der Waals surface area contributed by atoms with Gasteiger partial charge in [-0.05, 0) is 29.8 Å². The third kappa shape index (κ3) is 3.11. The van der Waals surface area contributed by atoms with Crippen LogP contribution in [0.25, 0.3) is 0 Å². The van der Waals surface area contributed by atoms with Crippen molar-refractivity contribution in [1.82, 2.24) is 0 Å². The molecular weight excluding hydrogens is 240 g/mol. The molecule has 2 N–H and O–H groups in total. The van der Waals surface area contributed by atoms with Crippen molar-refractivity contribution in [2.24, 2.45) is 0 Å². The summed E-state index contributed by atoms with van der Waals surface area (Å²) in [5, 5.41) is 20.9. The fourth-order valence-corrected chi connectivity index (χ4v) is 1.70. The van der Waals surface area contributed by atoms with Crippen LogP contribution < -0.4 is 5.32 Å². The number of para-hydroxylation sites is 1. The van der Waals surface area contributed by atoms with Gasteiger partial charge in [-0.25, -0.2) is 4.79 Å². The van der Waals surface area contributed by atoms with Gasteiger partial charge in [0.1, 0.15) is 6.07 Å². The molecule has 0 aromatic heterocycles. The van der Waals surface area contributed by atoms with Crippen LogP contribution in [0.5, 0.6) is 0 Å². The Kier molecular flexibility index (Phi) is 3.79. The van der Waals surface area contributed by atoms with Crippen molar-refractivity contribution in [3.63, 3.8) is 0 Å². The van der Waals surface area contributed by atoms with Gasteiger partial charge >= 0.3 is 5.97 Å². The van der Waals surface area contributed by atoms with Crippen LogP contribution in [0.15, 0.2) is 48.5 Å². The Bertz CT molecular complexity index is 627. The van der Waals surface area contributed by atoms with E-state index in [1.807, 2.05) is 18.2 Å². The molecule has 0 amide bonds. The minimum Gasteiger partial charge on any atom is -0.478 e. The number of carboxylic acids is 1. The average Bonchev–Trinajstić information content (AvgIpc) is 2.45. The number of benzene rings is 2. The van der Waals surface area contributed by atoms with Gasteiger partial charge in [-0.15, -0.1) is 0 Å². The highest BCUT2D eigenvalue weighted by Gasteiger charge is 2.03. The number of carboxylic acid groups (broad SMARTS) is 1. The van der Waals surface area contributed by atoms with E-state index in [0.717, 1.165) is 11.3 Å². The molecule has 0 bridgehead atoms. The zero-order valence-electron chi connectivity index (χ0n) is 10.1. The number of nitriles is 1. The van der Waals surface area contributed by atoms with Crippen molar-refractivity contribution in [1.29, 1.82) is 5.26 Å². The van der Waals surface area contributed by atoms with E-state index in [1.165, 1.54) is 0 Å². The van der Waals surface area contributed by atoms with Crippen LogP contribution >= 0.6 is 0 Å². The van der Waals surface area contributed by atoms with Gasteiger partial charge in [0.15, 0.2) is 0 Å². The molecule has 2 aromatic rings. The summed E-state index contributed by atoms with van der Waals surface area (Å²) in [7, 11) is 0. The monoisotopic (exact) mass is 252 g/mol. The number of hydrogen-bond acceptors (Lipinski definition) is 3. The largest absolute Gasteiger partial charge is 0.478 e. The molecule has 0 radical (unpaired) electrons. The van der Waals surface area contributed by atoms with Gasteiger partial charge in [0.2, 0.25) is 0 Å². The van der Waals surface area contributed by atoms with Crippen LogP contribution in [0.3, 0.4) is 0 Å². The van der Waals surface area contributed by atoms with Crippen molar-refractivity contribution in [3.8, 4) is 6.07 Å². The molecule has 4 nitrogen and oxygen atoms in total. The van der Waals surface area contributed by atoms with Gasteiger partial charge in [0.25, 0.3) is 0 Å². The fourth-order valence-electron chi connectivity index (χ4n) is 1.70. The quantitative estimate of drug-likeness (QED) is 0.877. The van der Waals surface area contributed by atoms with E-state index >= 15 is 0 Å². The van der Waals surface area contributed by atoms with Gasteiger partial charge in [-0.1, -0.05) is 24.3 Å². The predicted octanol–water partition coefficient (Wildman–Crippen LogP) is 2.87. The molecule has 2 rings (SSSR count). The van der Waals surface area contributed by atoms with Crippen molar-refractivity contribution >= 4 is 11.7 Å². The summed E-state index contributed by atoms with van der Waals surface area (Å²) in [4.78, 5) is 10.7. The van der Waals surface area contributed by atoms with Crippen LogP contribution in [-0.2, 0) is 6.54 Å². The number of nitrogens with zero attached hydrogens (tertiary/aromatic N) is 1. The summed E-state index contributed by atoms with van der Waals surface area (Å²) in [5.41, 5.74) is 2.58. The maximum Gasteiger partial charge on any atom is 0.335 e. The van der Waals surface area contributed by atoms with Crippen LogP contribution in [-0.4, -0.2) is 11.1 Å². The summed E-state index contributed by atoms with van der Waals surface area (Å²) in [6.07, 6.45) is 0. The van der Waals surface area contributed by atoms with Crippen molar-refractivity contribution in [2.45, 2.75) is 6.54 Å². The van der Waals surface area contributed by atoms with E-state index < -0.39 is 5.97 Å². The standard InChI is InChI=1S/C15H12N2O2/c16-9-13-3-1-2-4-14(13)17-10-11-5-7-12(8-6-11)15(18)19/h1-8,17H,10H2,(H,18,19). The van der Waals surface area contributed by atoms with Crippen LogP contribution in [0.2, 0.25) is 0 Å². The molecule has 0 saturated carbocycles. The highest BCUT2D eigenvalue weighted by Crippen LogP contribution is 2.15. The van der Waals surface area contributed by atoms with Crippen molar-refractivity contribution in [2.75, 3.05) is 5.32 Å². The predicted molar refractivity (Wildman–Crippen MR) is 71.9 cm³/mol. The third-order valence-electron chi connectivity index (χ3n) is 2.73. The lowest BCUT2D eigenvalue weighted by molar-refractivity contribution is 0.0697. The molecule has 0 aliphatic heterocycles. The Hall–Kier alpha value is -2.80. The first-order chi connectivity index (χ1) is 9.20. The molecule has 0 heterocycles. The summed E-state index contributed by atoms with van der Waals surface area (Å²) in [5.74, 6) is -0.936. The SMILES string of the molecule is N#Cc1ccccc1NCc1ccc(C(=O)O)cc1. The Morgan fingerprint density at radius 1 is 1.16 bits per heavy atom. The van der Waals surface area contributed by atoms with Gasteiger partial charge in [-0.2, -0.15) is 5.26 Å². The minimum absolute atomic E-state index is 0.265. The lowest BCUT2D eigenvalue weighted by Crippen LogP contribution is -2.02. The van der Waals surface area contributed by atoms with E-state index in [-0.39, 0.29) is 5.56 Å². The number of rotatable bonds is 4. The molecule has 19 heavy (non-hydrogen) atoms. The van der Waals surface area contributed by atoms with E-state index in [0.29, 0.717) is 12.1 Å². The highest BCUT2D eigenvalue weighted by atomic mass is 16.4. The Morgan fingerprint density at radius 2 is 1.84 bits per heavy atom. The average molecular weight is 252 g/mol. The van der Waals surface area contributed by atoms with Gasteiger partial charge in [-0.3, -0.25) is 0 Å².